The van der Waals surface area contributed by atoms with E-state index in [2.05, 4.69) is 0 Å². The van der Waals surface area contributed by atoms with Gasteiger partial charge >= 0.3 is 6.09 Å². The lowest BCUT2D eigenvalue weighted by Gasteiger charge is -2.26. The van der Waals surface area contributed by atoms with Crippen molar-refractivity contribution >= 4 is 42.2 Å². The average Bonchev–Trinajstić information content (AvgIpc) is 2.85. The first kappa shape index (κ1) is 18.3. The van der Waals surface area contributed by atoms with Gasteiger partial charge in [0.05, 0.1) is 29.7 Å². The van der Waals surface area contributed by atoms with Gasteiger partial charge < -0.3 is 14.2 Å². The molecule has 0 aromatic heterocycles. The van der Waals surface area contributed by atoms with Crippen molar-refractivity contribution in [2.24, 2.45) is 0 Å². The van der Waals surface area contributed by atoms with Crippen molar-refractivity contribution in [3.8, 4) is 11.5 Å². The Hall–Kier alpha value is -1.06. The number of ether oxygens (including phenoxy) is 3. The average molecular weight is 378 g/mol. The molecular formula is C14H19NO5S3. The number of fused-ring (bicyclic) bond motifs is 1. The minimum absolute atomic E-state index is 0.476. The highest BCUT2D eigenvalue weighted by molar-refractivity contribution is 9.06. The van der Waals surface area contributed by atoms with E-state index in [1.807, 2.05) is 0 Å². The third-order valence-electron chi connectivity index (χ3n) is 2.94. The van der Waals surface area contributed by atoms with Crippen LogP contribution < -0.4 is 14.4 Å². The van der Waals surface area contributed by atoms with E-state index in [1.165, 1.54) is 39.7 Å². The van der Waals surface area contributed by atoms with Crippen molar-refractivity contribution in [2.75, 3.05) is 26.2 Å². The molecule has 2 rings (SSSR count). The number of nitrogens with zero attached hydrogens (tertiary/aromatic N) is 1. The number of methoxy groups -OCH3 is 2. The van der Waals surface area contributed by atoms with E-state index in [0.717, 1.165) is 0 Å². The van der Waals surface area contributed by atoms with Crippen LogP contribution in [-0.4, -0.2) is 37.2 Å². The molecule has 0 spiro atoms. The normalized spacial score (nSPS) is 16.7. The molecule has 6 nitrogen and oxygen atoms in total. The molecular weight excluding hydrogens is 358 g/mol. The van der Waals surface area contributed by atoms with Gasteiger partial charge in [-0.05, 0) is 31.6 Å². The molecule has 1 atom stereocenters. The fraction of sp³-hybridized carbons (Fsp3) is 0.500. The van der Waals surface area contributed by atoms with Gasteiger partial charge in [0.1, 0.15) is 15.4 Å². The number of hydrogen-bond acceptors (Lipinski definition) is 7. The highest BCUT2D eigenvalue weighted by Crippen LogP contribution is 2.57. The van der Waals surface area contributed by atoms with Crippen LogP contribution in [0.5, 0.6) is 11.5 Å². The van der Waals surface area contributed by atoms with Crippen LogP contribution in [0.1, 0.15) is 20.8 Å². The van der Waals surface area contributed by atoms with Gasteiger partial charge in [0.15, 0.2) is 11.5 Å². The molecule has 1 aromatic carbocycles. The molecule has 1 aliphatic heterocycles. The molecule has 0 N–H and O–H groups in total. The number of carbonyl (C=O) groups is 1. The van der Waals surface area contributed by atoms with Gasteiger partial charge in [0, 0.05) is 22.9 Å². The Morgan fingerprint density at radius 2 is 1.91 bits per heavy atom. The predicted octanol–water partition coefficient (Wildman–Crippen LogP) is 3.85. The first-order chi connectivity index (χ1) is 10.7. The Labute approximate surface area is 145 Å². The lowest BCUT2D eigenvalue weighted by molar-refractivity contribution is 0.0588. The van der Waals surface area contributed by atoms with Gasteiger partial charge in [0.25, 0.3) is 0 Å². The second-order valence-corrected chi connectivity index (χ2v) is 10.3. The van der Waals surface area contributed by atoms with Gasteiger partial charge in [-0.3, -0.25) is 4.90 Å². The molecule has 0 saturated heterocycles. The Morgan fingerprint density at radius 1 is 1.26 bits per heavy atom. The van der Waals surface area contributed by atoms with E-state index in [0.29, 0.717) is 27.0 Å². The van der Waals surface area contributed by atoms with Crippen LogP contribution in [0, 0.1) is 0 Å². The second kappa shape index (κ2) is 6.82. The third-order valence-corrected chi connectivity index (χ3v) is 7.86. The zero-order valence-corrected chi connectivity index (χ0v) is 16.2. The van der Waals surface area contributed by atoms with E-state index in [4.69, 9.17) is 14.2 Å². The van der Waals surface area contributed by atoms with Crippen LogP contribution in [0.4, 0.5) is 10.5 Å². The highest BCUT2D eigenvalue weighted by Gasteiger charge is 2.34. The van der Waals surface area contributed by atoms with E-state index in [1.54, 1.807) is 33.9 Å². The molecule has 0 fully saturated rings. The van der Waals surface area contributed by atoms with Crippen molar-refractivity contribution < 1.29 is 23.2 Å². The lowest BCUT2D eigenvalue weighted by Crippen LogP contribution is -2.34. The van der Waals surface area contributed by atoms with Gasteiger partial charge in [-0.1, -0.05) is 0 Å². The maximum absolute atomic E-state index is 12.3. The largest absolute Gasteiger partial charge is 0.493 e. The van der Waals surface area contributed by atoms with E-state index < -0.39 is 21.5 Å². The molecule has 0 aliphatic carbocycles. The van der Waals surface area contributed by atoms with E-state index in [9.17, 15) is 9.00 Å². The quantitative estimate of drug-likeness (QED) is 0.741. The molecule has 1 heterocycles. The van der Waals surface area contributed by atoms with Crippen molar-refractivity contribution in [1.82, 2.24) is 0 Å². The molecule has 1 unspecified atom stereocenters. The summed E-state index contributed by atoms with van der Waals surface area (Å²) in [5, 5.41) is 0. The van der Waals surface area contributed by atoms with E-state index >= 15 is 0 Å². The third kappa shape index (κ3) is 3.72. The summed E-state index contributed by atoms with van der Waals surface area (Å²) in [5.41, 5.74) is -0.129. The summed E-state index contributed by atoms with van der Waals surface area (Å²) in [7, 11) is 5.89. The maximum Gasteiger partial charge on any atom is 0.414 e. The van der Waals surface area contributed by atoms with Crippen molar-refractivity contribution in [3.63, 3.8) is 0 Å². The molecule has 1 aliphatic rings. The number of amides is 1. The number of anilines is 1. The highest BCUT2D eigenvalue weighted by atomic mass is 33.5. The van der Waals surface area contributed by atoms with E-state index in [-0.39, 0.29) is 0 Å². The van der Waals surface area contributed by atoms with Crippen molar-refractivity contribution in [1.29, 1.82) is 0 Å². The molecule has 0 radical (unpaired) electrons. The zero-order valence-electron chi connectivity index (χ0n) is 13.8. The summed E-state index contributed by atoms with van der Waals surface area (Å²) in [6, 6.07) is 1.64. The predicted molar refractivity (Wildman–Crippen MR) is 94.0 cm³/mol. The van der Waals surface area contributed by atoms with Crippen LogP contribution in [-0.2, 0) is 14.6 Å². The van der Waals surface area contributed by atoms with Gasteiger partial charge in [-0.25, -0.2) is 9.00 Å². The van der Waals surface area contributed by atoms with Gasteiger partial charge in [-0.15, -0.1) is 0 Å². The fourth-order valence-corrected chi connectivity index (χ4v) is 7.22. The molecule has 1 amide bonds. The monoisotopic (exact) mass is 377 g/mol. The lowest BCUT2D eigenvalue weighted by atomic mass is 10.2. The molecule has 1 aromatic rings. The Kier molecular flexibility index (Phi) is 5.42. The number of carbonyl (C=O) groups excluding carboxylic acids is 1. The smallest absolute Gasteiger partial charge is 0.414 e. The molecule has 23 heavy (non-hydrogen) atoms. The second-order valence-electron chi connectivity index (χ2n) is 5.71. The molecule has 0 bridgehead atoms. The SMILES string of the molecule is COc1cc(N(C)C(=O)OC(C)(C)C)c2c(c1OC)SSS2=O. The minimum atomic E-state index is -1.30. The topological polar surface area (TPSA) is 65.1 Å². The van der Waals surface area contributed by atoms with Gasteiger partial charge in [-0.2, -0.15) is 0 Å². The van der Waals surface area contributed by atoms with Crippen LogP contribution in [0.3, 0.4) is 0 Å². The van der Waals surface area contributed by atoms with Crippen LogP contribution in [0.2, 0.25) is 0 Å². The Balaban J connectivity index is 2.52. The molecule has 128 valence electrons. The molecule has 0 saturated carbocycles. The van der Waals surface area contributed by atoms with Crippen LogP contribution in [0.15, 0.2) is 15.9 Å². The summed E-state index contributed by atoms with van der Waals surface area (Å²) in [4.78, 5) is 14.9. The van der Waals surface area contributed by atoms with Crippen LogP contribution in [0.25, 0.3) is 0 Å². The summed E-state index contributed by atoms with van der Waals surface area (Å²) < 4.78 is 28.4. The summed E-state index contributed by atoms with van der Waals surface area (Å²) in [5.74, 6) is 0.996. The Morgan fingerprint density at radius 3 is 2.43 bits per heavy atom. The standard InChI is InChI=1S/C14H19NO5S3/c1-14(2,3)20-13(16)15(4)8-7-9(18-5)10(19-6)11-12(8)23(17)22-21-11/h7H,1-6H3. The summed E-state index contributed by atoms with van der Waals surface area (Å²) in [6.45, 7) is 5.38. The molecule has 9 heteroatoms. The minimum Gasteiger partial charge on any atom is -0.493 e. The Bertz CT molecular complexity index is 657. The summed E-state index contributed by atoms with van der Waals surface area (Å²) in [6.07, 6.45) is -0.522. The van der Waals surface area contributed by atoms with Crippen LogP contribution >= 0.6 is 20.6 Å². The van der Waals surface area contributed by atoms with Crippen molar-refractivity contribution in [2.45, 2.75) is 36.2 Å². The summed E-state index contributed by atoms with van der Waals surface area (Å²) >= 11 is 0. The maximum atomic E-state index is 12.3. The van der Waals surface area contributed by atoms with Gasteiger partial charge in [0.2, 0.25) is 0 Å². The fourth-order valence-electron chi connectivity index (χ4n) is 1.95. The first-order valence-electron chi connectivity index (χ1n) is 6.72. The number of rotatable bonds is 3. The first-order valence-corrected chi connectivity index (χ1v) is 10.5. The number of benzene rings is 1. The number of hydrogen-bond donors (Lipinski definition) is 0. The zero-order chi connectivity index (χ0) is 17.4. The van der Waals surface area contributed by atoms with Crippen molar-refractivity contribution in [3.05, 3.63) is 6.07 Å².